The van der Waals surface area contributed by atoms with Gasteiger partial charge in [-0.05, 0) is 64.3 Å². The van der Waals surface area contributed by atoms with E-state index in [-0.39, 0.29) is 5.78 Å². The van der Waals surface area contributed by atoms with Crippen LogP contribution in [0, 0.1) is 34.5 Å². The van der Waals surface area contributed by atoms with Crippen molar-refractivity contribution in [2.75, 3.05) is 0 Å². The number of carbonyl (C=O) groups excluding carboxylic acids is 1. The Morgan fingerprint density at radius 1 is 1.50 bits per heavy atom. The monoisotopic (exact) mass is 307 g/mol. The lowest BCUT2D eigenvalue weighted by atomic mass is 9.56. The van der Waals surface area contributed by atoms with Gasteiger partial charge in [-0.2, -0.15) is 5.26 Å². The van der Waals surface area contributed by atoms with E-state index in [4.69, 9.17) is 0 Å². The fourth-order valence-corrected chi connectivity index (χ4v) is 3.88. The summed E-state index contributed by atoms with van der Waals surface area (Å²) in [5.41, 5.74) is 0.432. The van der Waals surface area contributed by atoms with Crippen molar-refractivity contribution in [1.29, 1.82) is 5.26 Å². The second kappa shape index (κ2) is 4.66. The van der Waals surface area contributed by atoms with E-state index >= 15 is 0 Å². The Balaban J connectivity index is 2.59. The van der Waals surface area contributed by atoms with Crippen LogP contribution in [-0.4, -0.2) is 5.78 Å². The first-order valence-electron chi connectivity index (χ1n) is 6.48. The quantitative estimate of drug-likeness (QED) is 0.735. The molecule has 18 heavy (non-hydrogen) atoms. The normalized spacial score (nSPS) is 35.7. The summed E-state index contributed by atoms with van der Waals surface area (Å²) in [6, 6.07) is 2.51. The minimum atomic E-state index is -0.585. The van der Waals surface area contributed by atoms with Gasteiger partial charge in [0.15, 0.2) is 5.78 Å². The van der Waals surface area contributed by atoms with Crippen molar-refractivity contribution < 1.29 is 4.79 Å². The molecular weight excluding hydrogens is 290 g/mol. The topological polar surface area (TPSA) is 40.9 Å². The summed E-state index contributed by atoms with van der Waals surface area (Å²) in [5, 5.41) is 9.75. The Kier molecular flexibility index (Phi) is 3.51. The third kappa shape index (κ3) is 1.87. The van der Waals surface area contributed by atoms with Crippen LogP contribution < -0.4 is 0 Å². The van der Waals surface area contributed by atoms with E-state index < -0.39 is 5.41 Å². The highest BCUT2D eigenvalue weighted by molar-refractivity contribution is 9.12. The van der Waals surface area contributed by atoms with Crippen molar-refractivity contribution >= 4 is 21.7 Å². The molecule has 1 saturated carbocycles. The smallest absolute Gasteiger partial charge is 0.192 e. The van der Waals surface area contributed by atoms with Gasteiger partial charge in [0.05, 0.1) is 10.6 Å². The molecule has 0 saturated heterocycles. The maximum Gasteiger partial charge on any atom is 0.192 e. The first-order chi connectivity index (χ1) is 8.42. The summed E-state index contributed by atoms with van der Waals surface area (Å²) in [6.45, 7) is 6.44. The summed E-state index contributed by atoms with van der Waals surface area (Å²) in [5.74, 6) is 1.04. The number of halogens is 1. The summed E-state index contributed by atoms with van der Waals surface area (Å²) in [4.78, 5) is 11.8. The standard InChI is InChI=1S/C15H18BrNO/c1-9(2)11-5-4-10(3)12-6-14(18)13(16)7-15(11,12)8-17/h6-7,9-11H,4-5H2,1-3H3/t10-,11+,15-/m1/s1. The Labute approximate surface area is 117 Å². The van der Waals surface area contributed by atoms with Gasteiger partial charge < -0.3 is 0 Å². The number of ketones is 1. The molecule has 0 aromatic carbocycles. The van der Waals surface area contributed by atoms with Crippen molar-refractivity contribution in [3.8, 4) is 6.07 Å². The average Bonchev–Trinajstić information content (AvgIpc) is 2.31. The van der Waals surface area contributed by atoms with Crippen LogP contribution in [0.2, 0.25) is 0 Å². The molecule has 96 valence electrons. The number of hydrogen-bond donors (Lipinski definition) is 0. The predicted molar refractivity (Wildman–Crippen MR) is 74.9 cm³/mol. The van der Waals surface area contributed by atoms with Crippen LogP contribution in [0.1, 0.15) is 33.6 Å². The summed E-state index contributed by atoms with van der Waals surface area (Å²) >= 11 is 3.30. The maximum absolute atomic E-state index is 11.8. The van der Waals surface area contributed by atoms with Crippen LogP contribution >= 0.6 is 15.9 Å². The molecule has 2 aliphatic carbocycles. The Morgan fingerprint density at radius 2 is 2.17 bits per heavy atom. The van der Waals surface area contributed by atoms with E-state index in [1.165, 1.54) is 0 Å². The van der Waals surface area contributed by atoms with Crippen LogP contribution in [0.3, 0.4) is 0 Å². The highest BCUT2D eigenvalue weighted by atomic mass is 79.9. The third-order valence-corrected chi connectivity index (χ3v) is 4.99. The second-order valence-electron chi connectivity index (χ2n) is 5.77. The van der Waals surface area contributed by atoms with Crippen LogP contribution in [0.15, 0.2) is 22.2 Å². The molecule has 0 bridgehead atoms. The number of hydrogen-bond acceptors (Lipinski definition) is 2. The van der Waals surface area contributed by atoms with E-state index in [0.29, 0.717) is 22.2 Å². The molecule has 2 aliphatic rings. The predicted octanol–water partition coefficient (Wildman–Crippen LogP) is 3.99. The van der Waals surface area contributed by atoms with Gasteiger partial charge in [-0.3, -0.25) is 4.79 Å². The molecule has 1 fully saturated rings. The van der Waals surface area contributed by atoms with Gasteiger partial charge in [-0.15, -0.1) is 0 Å². The van der Waals surface area contributed by atoms with Crippen molar-refractivity contribution in [3.63, 3.8) is 0 Å². The lowest BCUT2D eigenvalue weighted by molar-refractivity contribution is -0.111. The molecular formula is C15H18BrNO. The molecule has 0 aromatic heterocycles. The molecule has 0 amide bonds. The number of fused-ring (bicyclic) bond motifs is 1. The highest BCUT2D eigenvalue weighted by Crippen LogP contribution is 2.53. The molecule has 0 aromatic rings. The molecule has 0 heterocycles. The zero-order valence-corrected chi connectivity index (χ0v) is 12.6. The molecule has 0 aliphatic heterocycles. The van der Waals surface area contributed by atoms with E-state index in [0.717, 1.165) is 18.4 Å². The number of allylic oxidation sites excluding steroid dienone is 4. The minimum absolute atomic E-state index is 0.00729. The van der Waals surface area contributed by atoms with Gasteiger partial charge in [-0.25, -0.2) is 0 Å². The number of carbonyl (C=O) groups is 1. The number of rotatable bonds is 1. The summed E-state index contributed by atoms with van der Waals surface area (Å²) in [7, 11) is 0. The molecule has 2 nitrogen and oxygen atoms in total. The lowest BCUT2D eigenvalue weighted by Crippen LogP contribution is -2.41. The maximum atomic E-state index is 11.8. The average molecular weight is 308 g/mol. The SMILES string of the molecule is CC(C)[C@@H]1CC[C@@H](C)C2=CC(=O)C(Br)=C[C@]21C#N. The number of nitrogens with zero attached hydrogens (tertiary/aromatic N) is 1. The van der Waals surface area contributed by atoms with E-state index in [9.17, 15) is 10.1 Å². The molecule has 0 radical (unpaired) electrons. The third-order valence-electron chi connectivity index (χ3n) is 4.37. The first kappa shape index (κ1) is 13.5. The summed E-state index contributed by atoms with van der Waals surface area (Å²) < 4.78 is 0.535. The second-order valence-corrected chi connectivity index (χ2v) is 6.62. The van der Waals surface area contributed by atoms with Crippen LogP contribution in [0.25, 0.3) is 0 Å². The van der Waals surface area contributed by atoms with Gasteiger partial charge in [0, 0.05) is 0 Å². The largest absolute Gasteiger partial charge is 0.289 e. The van der Waals surface area contributed by atoms with Crippen LogP contribution in [0.5, 0.6) is 0 Å². The van der Waals surface area contributed by atoms with Gasteiger partial charge in [-0.1, -0.05) is 20.8 Å². The zero-order valence-electron chi connectivity index (χ0n) is 11.0. The first-order valence-corrected chi connectivity index (χ1v) is 7.27. The number of nitriles is 1. The zero-order chi connectivity index (χ0) is 13.5. The van der Waals surface area contributed by atoms with Crippen molar-refractivity contribution in [3.05, 3.63) is 22.2 Å². The fourth-order valence-electron chi connectivity index (χ4n) is 3.41. The Hall–Kier alpha value is -0.880. The molecule has 0 spiro atoms. The lowest BCUT2D eigenvalue weighted by Gasteiger charge is -2.45. The van der Waals surface area contributed by atoms with E-state index in [1.54, 1.807) is 6.08 Å². The Bertz CT molecular complexity index is 483. The van der Waals surface area contributed by atoms with E-state index in [2.05, 4.69) is 42.8 Å². The van der Waals surface area contributed by atoms with Gasteiger partial charge >= 0.3 is 0 Å². The molecule has 0 N–H and O–H groups in total. The van der Waals surface area contributed by atoms with Crippen LogP contribution in [-0.2, 0) is 4.79 Å². The molecule has 3 heteroatoms. The van der Waals surface area contributed by atoms with E-state index in [1.807, 2.05) is 6.08 Å². The van der Waals surface area contributed by atoms with Gasteiger partial charge in [0.1, 0.15) is 5.41 Å². The van der Waals surface area contributed by atoms with Crippen molar-refractivity contribution in [1.82, 2.24) is 0 Å². The van der Waals surface area contributed by atoms with Crippen molar-refractivity contribution in [2.45, 2.75) is 33.6 Å². The molecule has 3 atom stereocenters. The molecule has 0 unspecified atom stereocenters. The Morgan fingerprint density at radius 3 is 2.72 bits per heavy atom. The van der Waals surface area contributed by atoms with Gasteiger partial charge in [0.25, 0.3) is 0 Å². The van der Waals surface area contributed by atoms with Crippen LogP contribution in [0.4, 0.5) is 0 Å². The summed E-state index contributed by atoms with van der Waals surface area (Å²) in [6.07, 6.45) is 5.66. The van der Waals surface area contributed by atoms with Gasteiger partial charge in [0.2, 0.25) is 0 Å². The highest BCUT2D eigenvalue weighted by Gasteiger charge is 2.49. The minimum Gasteiger partial charge on any atom is -0.289 e. The fraction of sp³-hybridized carbons (Fsp3) is 0.600. The van der Waals surface area contributed by atoms with Crippen molar-refractivity contribution in [2.24, 2.45) is 23.2 Å². The molecule has 2 rings (SSSR count).